The Kier molecular flexibility index (Phi) is 11.8. The molecule has 1 atom stereocenters. The van der Waals surface area contributed by atoms with E-state index in [2.05, 4.69) is 13.8 Å². The van der Waals surface area contributed by atoms with Crippen molar-refractivity contribution in [1.29, 1.82) is 5.41 Å². The summed E-state index contributed by atoms with van der Waals surface area (Å²) in [5.74, 6) is 0.204. The number of hydrogen-bond donors (Lipinski definition) is 3. The maximum atomic E-state index is 7.58. The molecule has 0 radical (unpaired) electrons. The van der Waals surface area contributed by atoms with Gasteiger partial charge in [-0.05, 0) is 25.7 Å². The highest BCUT2D eigenvalue weighted by molar-refractivity contribution is 5.74. The normalized spacial score (nSPS) is 12.4. The highest BCUT2D eigenvalue weighted by Crippen LogP contribution is 2.07. The molecule has 0 fully saturated rings. The van der Waals surface area contributed by atoms with Crippen LogP contribution in [-0.4, -0.2) is 30.0 Å². The van der Waals surface area contributed by atoms with Crippen molar-refractivity contribution >= 4 is 5.96 Å². The number of guanidine groups is 1. The van der Waals surface area contributed by atoms with E-state index in [0.717, 1.165) is 38.8 Å². The van der Waals surface area contributed by atoms with Crippen LogP contribution in [0.5, 0.6) is 0 Å². The highest BCUT2D eigenvalue weighted by atomic mass is 15.2. The van der Waals surface area contributed by atoms with Gasteiger partial charge in [-0.2, -0.15) is 0 Å². The topological polar surface area (TPSA) is 79.1 Å². The van der Waals surface area contributed by atoms with Crippen LogP contribution in [0.4, 0.5) is 0 Å². The second-order valence-electron chi connectivity index (χ2n) is 5.48. The Morgan fingerprint density at radius 2 is 1.47 bits per heavy atom. The molecule has 0 bridgehead atoms. The van der Waals surface area contributed by atoms with Crippen molar-refractivity contribution < 1.29 is 0 Å². The standard InChI is InChI=1S/C15H34N4/c1-3-5-7-10-14(16)11-9-13-19(15(17)18)12-8-6-4-2/h14H,3-13,16H2,1-2H3,(H3,17,18). The molecule has 4 heteroatoms. The predicted octanol–water partition coefficient (Wildman–Crippen LogP) is 3.06. The fraction of sp³-hybridized carbons (Fsp3) is 0.933. The Balaban J connectivity index is 3.70. The SMILES string of the molecule is CCCCCC(N)CCCN(CCCCC)C(=N)N. The van der Waals surface area contributed by atoms with Crippen LogP contribution in [0.3, 0.4) is 0 Å². The first kappa shape index (κ1) is 18.2. The lowest BCUT2D eigenvalue weighted by molar-refractivity contribution is 0.373. The van der Waals surface area contributed by atoms with Crippen LogP contribution >= 0.6 is 0 Å². The molecule has 0 aliphatic heterocycles. The maximum absolute atomic E-state index is 7.58. The molecule has 19 heavy (non-hydrogen) atoms. The molecule has 0 rings (SSSR count). The zero-order valence-electron chi connectivity index (χ0n) is 13.0. The second-order valence-corrected chi connectivity index (χ2v) is 5.48. The van der Waals surface area contributed by atoms with Crippen LogP contribution in [0.25, 0.3) is 0 Å². The predicted molar refractivity (Wildman–Crippen MR) is 84.4 cm³/mol. The molecular weight excluding hydrogens is 236 g/mol. The average molecular weight is 270 g/mol. The van der Waals surface area contributed by atoms with E-state index in [0.29, 0.717) is 6.04 Å². The monoisotopic (exact) mass is 270 g/mol. The summed E-state index contributed by atoms with van der Waals surface area (Å²) in [7, 11) is 0. The maximum Gasteiger partial charge on any atom is 0.188 e. The molecule has 0 amide bonds. The minimum absolute atomic E-state index is 0.204. The zero-order valence-corrected chi connectivity index (χ0v) is 13.0. The second kappa shape index (κ2) is 12.3. The van der Waals surface area contributed by atoms with Gasteiger partial charge in [0.15, 0.2) is 5.96 Å². The molecule has 0 aromatic heterocycles. The number of rotatable bonds is 12. The summed E-state index contributed by atoms with van der Waals surface area (Å²) in [5.41, 5.74) is 11.7. The van der Waals surface area contributed by atoms with E-state index < -0.39 is 0 Å². The summed E-state index contributed by atoms with van der Waals surface area (Å²) < 4.78 is 0. The minimum Gasteiger partial charge on any atom is -0.370 e. The smallest absolute Gasteiger partial charge is 0.188 e. The summed E-state index contributed by atoms with van der Waals surface area (Å²) >= 11 is 0. The highest BCUT2D eigenvalue weighted by Gasteiger charge is 2.07. The Hall–Kier alpha value is -0.770. The summed E-state index contributed by atoms with van der Waals surface area (Å²) in [6.07, 6.45) is 10.5. The fourth-order valence-corrected chi connectivity index (χ4v) is 2.25. The van der Waals surface area contributed by atoms with Gasteiger partial charge in [0.1, 0.15) is 0 Å². The lowest BCUT2D eigenvalue weighted by Gasteiger charge is -2.23. The van der Waals surface area contributed by atoms with E-state index in [1.54, 1.807) is 0 Å². The lowest BCUT2D eigenvalue weighted by Crippen LogP contribution is -2.38. The molecule has 0 saturated heterocycles. The van der Waals surface area contributed by atoms with Crippen molar-refractivity contribution in [2.24, 2.45) is 11.5 Å². The van der Waals surface area contributed by atoms with Crippen LogP contribution in [0.1, 0.15) is 71.6 Å². The zero-order chi connectivity index (χ0) is 14.5. The van der Waals surface area contributed by atoms with Gasteiger partial charge in [-0.3, -0.25) is 5.41 Å². The average Bonchev–Trinajstić information content (AvgIpc) is 2.37. The molecule has 0 aromatic rings. The van der Waals surface area contributed by atoms with Gasteiger partial charge in [0.2, 0.25) is 0 Å². The molecule has 0 aliphatic rings. The Morgan fingerprint density at radius 3 is 2.05 bits per heavy atom. The third-order valence-electron chi connectivity index (χ3n) is 3.55. The van der Waals surface area contributed by atoms with Gasteiger partial charge < -0.3 is 16.4 Å². The van der Waals surface area contributed by atoms with Crippen molar-refractivity contribution in [1.82, 2.24) is 4.90 Å². The Morgan fingerprint density at radius 1 is 0.947 bits per heavy atom. The lowest BCUT2D eigenvalue weighted by atomic mass is 10.0. The van der Waals surface area contributed by atoms with Gasteiger partial charge in [-0.25, -0.2) is 0 Å². The van der Waals surface area contributed by atoms with Gasteiger partial charge in [0.25, 0.3) is 0 Å². The first-order valence-electron chi connectivity index (χ1n) is 7.96. The van der Waals surface area contributed by atoms with E-state index >= 15 is 0 Å². The van der Waals surface area contributed by atoms with E-state index in [-0.39, 0.29) is 5.96 Å². The van der Waals surface area contributed by atoms with Gasteiger partial charge in [0.05, 0.1) is 0 Å². The molecule has 0 aromatic carbocycles. The van der Waals surface area contributed by atoms with E-state index in [4.69, 9.17) is 16.9 Å². The number of unbranched alkanes of at least 4 members (excludes halogenated alkanes) is 4. The third kappa shape index (κ3) is 10.8. The Labute approximate surface area is 119 Å². The van der Waals surface area contributed by atoms with Crippen LogP contribution < -0.4 is 11.5 Å². The van der Waals surface area contributed by atoms with Crippen molar-refractivity contribution in [3.63, 3.8) is 0 Å². The first-order valence-corrected chi connectivity index (χ1v) is 7.96. The van der Waals surface area contributed by atoms with Gasteiger partial charge in [-0.1, -0.05) is 46.0 Å². The van der Waals surface area contributed by atoms with Gasteiger partial charge in [0, 0.05) is 19.1 Å². The third-order valence-corrected chi connectivity index (χ3v) is 3.55. The van der Waals surface area contributed by atoms with Crippen molar-refractivity contribution in [3.05, 3.63) is 0 Å². The molecule has 4 nitrogen and oxygen atoms in total. The fourth-order valence-electron chi connectivity index (χ4n) is 2.25. The summed E-state index contributed by atoms with van der Waals surface area (Å²) in [6, 6.07) is 0.316. The van der Waals surface area contributed by atoms with E-state index in [1.807, 2.05) is 4.90 Å². The number of hydrogen-bond acceptors (Lipinski definition) is 2. The minimum atomic E-state index is 0.204. The van der Waals surface area contributed by atoms with E-state index in [9.17, 15) is 0 Å². The van der Waals surface area contributed by atoms with Crippen LogP contribution in [0, 0.1) is 5.41 Å². The Bertz CT molecular complexity index is 218. The van der Waals surface area contributed by atoms with Crippen molar-refractivity contribution in [2.45, 2.75) is 77.7 Å². The molecule has 114 valence electrons. The van der Waals surface area contributed by atoms with Crippen LogP contribution in [-0.2, 0) is 0 Å². The molecule has 5 N–H and O–H groups in total. The summed E-state index contributed by atoms with van der Waals surface area (Å²) in [5, 5.41) is 7.58. The first-order chi connectivity index (χ1) is 9.11. The van der Waals surface area contributed by atoms with Crippen LogP contribution in [0.15, 0.2) is 0 Å². The van der Waals surface area contributed by atoms with Crippen LogP contribution in [0.2, 0.25) is 0 Å². The molecule has 0 heterocycles. The number of nitrogens with one attached hydrogen (secondary N) is 1. The van der Waals surface area contributed by atoms with E-state index in [1.165, 1.54) is 32.1 Å². The molecular formula is C15H34N4. The molecule has 0 saturated carbocycles. The van der Waals surface area contributed by atoms with Crippen molar-refractivity contribution in [2.75, 3.05) is 13.1 Å². The van der Waals surface area contributed by atoms with Gasteiger partial charge >= 0.3 is 0 Å². The molecule has 1 unspecified atom stereocenters. The molecule has 0 spiro atoms. The van der Waals surface area contributed by atoms with Crippen molar-refractivity contribution in [3.8, 4) is 0 Å². The number of nitrogens with two attached hydrogens (primary N) is 2. The molecule has 0 aliphatic carbocycles. The summed E-state index contributed by atoms with van der Waals surface area (Å²) in [4.78, 5) is 1.98. The number of nitrogens with zero attached hydrogens (tertiary/aromatic N) is 1. The largest absolute Gasteiger partial charge is 0.370 e. The quantitative estimate of drug-likeness (QED) is 0.290. The summed E-state index contributed by atoms with van der Waals surface area (Å²) in [6.45, 7) is 6.19. The van der Waals surface area contributed by atoms with Gasteiger partial charge in [-0.15, -0.1) is 0 Å².